The number of aromatic nitrogens is 4. The van der Waals surface area contributed by atoms with E-state index in [1.54, 1.807) is 18.5 Å². The summed E-state index contributed by atoms with van der Waals surface area (Å²) in [5, 5.41) is 12.2. The van der Waals surface area contributed by atoms with Gasteiger partial charge in [-0.15, -0.1) is 0 Å². The number of fused-ring (bicyclic) bond motifs is 1. The molecule has 2 heterocycles. The first-order valence-electron chi connectivity index (χ1n) is 6.30. The second-order valence-electron chi connectivity index (χ2n) is 4.54. The summed E-state index contributed by atoms with van der Waals surface area (Å²) < 4.78 is 0. The van der Waals surface area contributed by atoms with Crippen LogP contribution in [0.3, 0.4) is 0 Å². The molecule has 21 heavy (non-hydrogen) atoms. The number of rotatable bonds is 3. The quantitative estimate of drug-likeness (QED) is 0.725. The molecule has 0 spiro atoms. The molecule has 0 aliphatic rings. The molecule has 7 heteroatoms. The third kappa shape index (κ3) is 2.64. The Bertz CT molecular complexity index is 818. The van der Waals surface area contributed by atoms with Gasteiger partial charge >= 0.3 is 0 Å². The van der Waals surface area contributed by atoms with Crippen LogP contribution in [0.2, 0.25) is 5.28 Å². The van der Waals surface area contributed by atoms with E-state index in [1.807, 2.05) is 19.1 Å². The fourth-order valence-electron chi connectivity index (χ4n) is 2.05. The number of anilines is 1. The molecule has 0 saturated heterocycles. The Morgan fingerprint density at radius 1 is 1.29 bits per heavy atom. The fourth-order valence-corrected chi connectivity index (χ4v) is 2.21. The van der Waals surface area contributed by atoms with Gasteiger partial charge in [0.1, 0.15) is 5.52 Å². The van der Waals surface area contributed by atoms with Crippen LogP contribution in [-0.2, 0) is 0 Å². The molecule has 0 fully saturated rings. The lowest BCUT2D eigenvalue weighted by molar-refractivity contribution is 0.875. The van der Waals surface area contributed by atoms with Gasteiger partial charge in [-0.2, -0.15) is 15.2 Å². The Balaban J connectivity index is 1.90. The Hall–Kier alpha value is -2.65. The van der Waals surface area contributed by atoms with Gasteiger partial charge in [-0.1, -0.05) is 12.1 Å². The standard InChI is InChI=1S/C14H11ClN6/c1-8(10-4-2-9(6-16)3-5-10)19-13-11-12(18-7-17-11)20-14(15)21-13/h2-5,7-8H,1H3,(H2,17,18,19,20,21). The van der Waals surface area contributed by atoms with E-state index in [4.69, 9.17) is 16.9 Å². The van der Waals surface area contributed by atoms with Crippen molar-refractivity contribution in [2.45, 2.75) is 13.0 Å². The van der Waals surface area contributed by atoms with Crippen LogP contribution in [0.15, 0.2) is 30.6 Å². The molecule has 0 radical (unpaired) electrons. The number of hydrogen-bond donors (Lipinski definition) is 2. The molecule has 3 rings (SSSR count). The molecule has 1 aromatic carbocycles. The SMILES string of the molecule is CC(Nc1nc(Cl)nc2nc[nH]c12)c1ccc(C#N)cc1. The summed E-state index contributed by atoms with van der Waals surface area (Å²) in [6.07, 6.45) is 1.55. The first-order chi connectivity index (χ1) is 10.2. The molecule has 0 saturated carbocycles. The number of halogens is 1. The summed E-state index contributed by atoms with van der Waals surface area (Å²) in [6, 6.07) is 9.47. The van der Waals surface area contributed by atoms with E-state index in [9.17, 15) is 0 Å². The van der Waals surface area contributed by atoms with E-state index >= 15 is 0 Å². The monoisotopic (exact) mass is 298 g/mol. The second-order valence-corrected chi connectivity index (χ2v) is 4.88. The number of imidazole rings is 1. The summed E-state index contributed by atoms with van der Waals surface area (Å²) in [7, 11) is 0. The third-order valence-electron chi connectivity index (χ3n) is 3.15. The smallest absolute Gasteiger partial charge is 0.226 e. The number of benzene rings is 1. The highest BCUT2D eigenvalue weighted by Gasteiger charge is 2.12. The van der Waals surface area contributed by atoms with E-state index in [1.165, 1.54) is 0 Å². The van der Waals surface area contributed by atoms with Gasteiger partial charge in [0.05, 0.1) is 24.0 Å². The minimum absolute atomic E-state index is 0.00444. The predicted octanol–water partition coefficient (Wildman–Crippen LogP) is 3.05. The zero-order valence-electron chi connectivity index (χ0n) is 11.1. The van der Waals surface area contributed by atoms with Crippen LogP contribution in [0, 0.1) is 11.3 Å². The molecular formula is C14H11ClN6. The maximum Gasteiger partial charge on any atom is 0.226 e. The first kappa shape index (κ1) is 13.3. The van der Waals surface area contributed by atoms with Crippen molar-refractivity contribution in [1.82, 2.24) is 19.9 Å². The van der Waals surface area contributed by atoms with Crippen molar-refractivity contribution in [3.63, 3.8) is 0 Å². The van der Waals surface area contributed by atoms with Crippen LogP contribution in [0.4, 0.5) is 5.82 Å². The lowest BCUT2D eigenvalue weighted by atomic mass is 10.1. The zero-order valence-corrected chi connectivity index (χ0v) is 11.9. The maximum absolute atomic E-state index is 8.82. The number of hydrogen-bond acceptors (Lipinski definition) is 5. The summed E-state index contributed by atoms with van der Waals surface area (Å²) >= 11 is 5.90. The molecule has 1 unspecified atom stereocenters. The molecule has 6 nitrogen and oxygen atoms in total. The largest absolute Gasteiger partial charge is 0.362 e. The molecule has 0 bridgehead atoms. The van der Waals surface area contributed by atoms with E-state index in [0.29, 0.717) is 22.5 Å². The third-order valence-corrected chi connectivity index (χ3v) is 3.32. The highest BCUT2D eigenvalue weighted by molar-refractivity contribution is 6.28. The van der Waals surface area contributed by atoms with Crippen molar-refractivity contribution in [2.75, 3.05) is 5.32 Å². The fraction of sp³-hybridized carbons (Fsp3) is 0.143. The van der Waals surface area contributed by atoms with E-state index < -0.39 is 0 Å². The topological polar surface area (TPSA) is 90.3 Å². The predicted molar refractivity (Wildman–Crippen MR) is 79.9 cm³/mol. The lowest BCUT2D eigenvalue weighted by Gasteiger charge is -2.15. The second kappa shape index (κ2) is 5.38. The van der Waals surface area contributed by atoms with Crippen molar-refractivity contribution in [2.24, 2.45) is 0 Å². The van der Waals surface area contributed by atoms with Crippen LogP contribution in [-0.4, -0.2) is 19.9 Å². The molecule has 1 atom stereocenters. The Kier molecular flexibility index (Phi) is 3.42. The summed E-state index contributed by atoms with van der Waals surface area (Å²) in [5.41, 5.74) is 2.90. The Morgan fingerprint density at radius 2 is 2.05 bits per heavy atom. The highest BCUT2D eigenvalue weighted by Crippen LogP contribution is 2.24. The van der Waals surface area contributed by atoms with Gasteiger partial charge in [0.25, 0.3) is 0 Å². The zero-order chi connectivity index (χ0) is 14.8. The van der Waals surface area contributed by atoms with Crippen LogP contribution >= 0.6 is 11.6 Å². The molecule has 0 aliphatic carbocycles. The average molecular weight is 299 g/mol. The summed E-state index contributed by atoms with van der Waals surface area (Å²) in [4.78, 5) is 15.3. The van der Waals surface area contributed by atoms with Crippen molar-refractivity contribution in [1.29, 1.82) is 5.26 Å². The molecule has 2 N–H and O–H groups in total. The number of nitrogens with zero attached hydrogens (tertiary/aromatic N) is 4. The van der Waals surface area contributed by atoms with Gasteiger partial charge in [0, 0.05) is 0 Å². The Morgan fingerprint density at radius 3 is 2.76 bits per heavy atom. The number of aromatic amines is 1. The molecular weight excluding hydrogens is 288 g/mol. The Labute approximate surface area is 125 Å². The summed E-state index contributed by atoms with van der Waals surface area (Å²) in [5.74, 6) is 0.597. The van der Waals surface area contributed by atoms with E-state index in [-0.39, 0.29) is 11.3 Å². The first-order valence-corrected chi connectivity index (χ1v) is 6.68. The van der Waals surface area contributed by atoms with E-state index in [0.717, 1.165) is 5.56 Å². The highest BCUT2D eigenvalue weighted by atomic mass is 35.5. The molecule has 0 aliphatic heterocycles. The van der Waals surface area contributed by atoms with Crippen LogP contribution in [0.1, 0.15) is 24.1 Å². The minimum Gasteiger partial charge on any atom is -0.362 e. The summed E-state index contributed by atoms with van der Waals surface area (Å²) in [6.45, 7) is 2.00. The van der Waals surface area contributed by atoms with Gasteiger partial charge in [-0.05, 0) is 36.2 Å². The average Bonchev–Trinajstić information content (AvgIpc) is 2.95. The number of H-pyrrole nitrogens is 1. The maximum atomic E-state index is 8.82. The molecule has 3 aromatic rings. The molecule has 2 aromatic heterocycles. The number of nitrogens with one attached hydrogen (secondary N) is 2. The molecule has 104 valence electrons. The van der Waals surface area contributed by atoms with Crippen LogP contribution in [0.5, 0.6) is 0 Å². The van der Waals surface area contributed by atoms with Gasteiger partial charge in [-0.3, -0.25) is 0 Å². The van der Waals surface area contributed by atoms with Gasteiger partial charge in [0.15, 0.2) is 11.5 Å². The van der Waals surface area contributed by atoms with Crippen molar-refractivity contribution in [3.8, 4) is 6.07 Å². The lowest BCUT2D eigenvalue weighted by Crippen LogP contribution is -2.09. The molecule has 0 amide bonds. The van der Waals surface area contributed by atoms with Crippen molar-refractivity contribution in [3.05, 3.63) is 47.0 Å². The van der Waals surface area contributed by atoms with Gasteiger partial charge < -0.3 is 10.3 Å². The van der Waals surface area contributed by atoms with Gasteiger partial charge in [0.2, 0.25) is 5.28 Å². The number of nitriles is 1. The van der Waals surface area contributed by atoms with Gasteiger partial charge in [-0.25, -0.2) is 4.98 Å². The van der Waals surface area contributed by atoms with Crippen LogP contribution in [0.25, 0.3) is 11.2 Å². The normalized spacial score (nSPS) is 12.0. The van der Waals surface area contributed by atoms with Crippen molar-refractivity contribution < 1.29 is 0 Å². The van der Waals surface area contributed by atoms with E-state index in [2.05, 4.69) is 31.3 Å². The van der Waals surface area contributed by atoms with Crippen molar-refractivity contribution >= 4 is 28.6 Å². The minimum atomic E-state index is -0.00444. The van der Waals surface area contributed by atoms with Crippen LogP contribution < -0.4 is 5.32 Å².